The molecule has 64 valence electrons. The molecule has 0 radical (unpaired) electrons. The van der Waals surface area contributed by atoms with Crippen LogP contribution in [0.25, 0.3) is 16.5 Å². The van der Waals surface area contributed by atoms with Crippen LogP contribution in [0, 0.1) is 0 Å². The van der Waals surface area contributed by atoms with Crippen molar-refractivity contribution in [3.63, 3.8) is 0 Å². The van der Waals surface area contributed by atoms with Crippen LogP contribution in [0.5, 0.6) is 0 Å². The number of fused-ring (bicyclic) bond motifs is 1. The molecule has 1 aliphatic heterocycles. The van der Waals surface area contributed by atoms with E-state index in [1.54, 1.807) is 17.4 Å². The molecule has 0 aromatic rings. The summed E-state index contributed by atoms with van der Waals surface area (Å²) >= 11 is 1.77. The predicted molar refractivity (Wildman–Crippen MR) is 60.2 cm³/mol. The van der Waals surface area contributed by atoms with Crippen LogP contribution in [0.4, 0.5) is 0 Å². The van der Waals surface area contributed by atoms with Gasteiger partial charge in [-0.1, -0.05) is 43.0 Å². The van der Waals surface area contributed by atoms with Crippen molar-refractivity contribution < 1.29 is 0 Å². The highest BCUT2D eigenvalue weighted by Crippen LogP contribution is 2.31. The van der Waals surface area contributed by atoms with Crippen LogP contribution in [-0.4, -0.2) is 0 Å². The first kappa shape index (κ1) is 8.27. The Morgan fingerprint density at radius 2 is 2.15 bits per heavy atom. The van der Waals surface area contributed by atoms with Gasteiger partial charge in [0.1, 0.15) is 0 Å². The maximum Gasteiger partial charge on any atom is 0.0348 e. The van der Waals surface area contributed by atoms with E-state index in [0.29, 0.717) is 0 Å². The van der Waals surface area contributed by atoms with Crippen LogP contribution >= 0.6 is 11.3 Å². The summed E-state index contributed by atoms with van der Waals surface area (Å²) in [6.45, 7) is 3.66. The highest BCUT2D eigenvalue weighted by atomic mass is 32.1. The molecule has 13 heavy (non-hydrogen) atoms. The Bertz CT molecular complexity index is 409. The van der Waals surface area contributed by atoms with Gasteiger partial charge in [-0.25, -0.2) is 0 Å². The fraction of sp³-hybridized carbons (Fsp3) is 0. The van der Waals surface area contributed by atoms with Crippen molar-refractivity contribution in [2.75, 3.05) is 0 Å². The van der Waals surface area contributed by atoms with Crippen molar-refractivity contribution >= 4 is 17.4 Å². The van der Waals surface area contributed by atoms with Crippen LogP contribution in [-0.2, 0) is 0 Å². The molecule has 0 aromatic carbocycles. The second-order valence-electron chi connectivity index (χ2n) is 2.77. The lowest BCUT2D eigenvalue weighted by molar-refractivity contribution is 1.79. The minimum absolute atomic E-state index is 1.27. The quantitative estimate of drug-likeness (QED) is 0.621. The van der Waals surface area contributed by atoms with E-state index >= 15 is 0 Å². The van der Waals surface area contributed by atoms with E-state index in [-0.39, 0.29) is 0 Å². The summed E-state index contributed by atoms with van der Waals surface area (Å²) in [5.41, 5.74) is 2.59. The van der Waals surface area contributed by atoms with Crippen molar-refractivity contribution in [2.45, 2.75) is 0 Å². The molecular formula is C12H10S. The molecule has 1 heterocycles. The third kappa shape index (κ3) is 1.56. The summed E-state index contributed by atoms with van der Waals surface area (Å²) in [7, 11) is 0. The molecule has 0 N–H and O–H groups in total. The van der Waals surface area contributed by atoms with Gasteiger partial charge < -0.3 is 0 Å². The fourth-order valence-corrected chi connectivity index (χ4v) is 2.10. The van der Waals surface area contributed by atoms with Crippen LogP contribution in [0.15, 0.2) is 48.4 Å². The van der Waals surface area contributed by atoms with Gasteiger partial charge in [-0.15, -0.1) is 11.3 Å². The SMILES string of the molecule is C=CC=Cc1ccc2scccc1-2. The van der Waals surface area contributed by atoms with E-state index in [4.69, 9.17) is 0 Å². The molecule has 0 saturated heterocycles. The Balaban J connectivity index is 2.48. The Hall–Kier alpha value is -1.34. The summed E-state index contributed by atoms with van der Waals surface area (Å²) in [4.78, 5) is 1.34. The fourth-order valence-electron chi connectivity index (χ4n) is 1.33. The summed E-state index contributed by atoms with van der Waals surface area (Å²) in [6.07, 6.45) is 5.85. The van der Waals surface area contributed by atoms with Gasteiger partial charge in [0.25, 0.3) is 0 Å². The molecule has 1 heteroatoms. The van der Waals surface area contributed by atoms with Gasteiger partial charge in [-0.05, 0) is 22.6 Å². The first-order chi connectivity index (χ1) is 6.42. The summed E-state index contributed by atoms with van der Waals surface area (Å²) < 4.78 is 0. The Kier molecular flexibility index (Phi) is 2.28. The largest absolute Gasteiger partial charge is 0.144 e. The maximum atomic E-state index is 3.66. The zero-order valence-corrected chi connectivity index (χ0v) is 8.05. The molecule has 2 aliphatic rings. The van der Waals surface area contributed by atoms with E-state index in [0.717, 1.165) is 0 Å². The Morgan fingerprint density at radius 1 is 1.23 bits per heavy atom. The molecule has 0 unspecified atom stereocenters. The second-order valence-corrected chi connectivity index (χ2v) is 3.72. The molecule has 1 aliphatic carbocycles. The van der Waals surface area contributed by atoms with Gasteiger partial charge in [0.2, 0.25) is 0 Å². The van der Waals surface area contributed by atoms with Crippen LogP contribution in [0.1, 0.15) is 5.56 Å². The molecule has 0 amide bonds. The Labute approximate surface area is 82.2 Å². The topological polar surface area (TPSA) is 0 Å². The van der Waals surface area contributed by atoms with Crippen molar-refractivity contribution in [2.24, 2.45) is 0 Å². The van der Waals surface area contributed by atoms with E-state index < -0.39 is 0 Å². The number of hydrogen-bond donors (Lipinski definition) is 0. The average Bonchev–Trinajstić information content (AvgIpc) is 2.58. The lowest BCUT2D eigenvalue weighted by Gasteiger charge is -1.96. The van der Waals surface area contributed by atoms with Gasteiger partial charge >= 0.3 is 0 Å². The molecule has 0 fully saturated rings. The van der Waals surface area contributed by atoms with E-state index in [9.17, 15) is 0 Å². The molecule has 0 bridgehead atoms. The van der Waals surface area contributed by atoms with Crippen molar-refractivity contribution in [3.05, 3.63) is 53.9 Å². The highest BCUT2D eigenvalue weighted by molar-refractivity contribution is 7.13. The zero-order valence-electron chi connectivity index (χ0n) is 7.23. The lowest BCUT2D eigenvalue weighted by atomic mass is 10.2. The third-order valence-corrected chi connectivity index (χ3v) is 2.84. The first-order valence-corrected chi connectivity index (χ1v) is 5.05. The minimum Gasteiger partial charge on any atom is -0.144 e. The van der Waals surface area contributed by atoms with E-state index in [1.807, 2.05) is 6.08 Å². The molecule has 0 nitrogen and oxygen atoms in total. The van der Waals surface area contributed by atoms with E-state index in [1.165, 1.54) is 16.0 Å². The smallest absolute Gasteiger partial charge is 0.0348 e. The maximum absolute atomic E-state index is 3.66. The van der Waals surface area contributed by atoms with Gasteiger partial charge in [-0.3, -0.25) is 0 Å². The van der Waals surface area contributed by atoms with Gasteiger partial charge in [0.15, 0.2) is 0 Å². The summed E-state index contributed by atoms with van der Waals surface area (Å²) in [5.74, 6) is 0. The highest BCUT2D eigenvalue weighted by Gasteiger charge is 2.05. The normalized spacial score (nSPS) is 11.1. The number of allylic oxidation sites excluding steroid dienone is 2. The monoisotopic (exact) mass is 186 g/mol. The third-order valence-electron chi connectivity index (χ3n) is 1.94. The minimum atomic E-state index is 1.27. The van der Waals surface area contributed by atoms with Gasteiger partial charge in [0, 0.05) is 4.88 Å². The van der Waals surface area contributed by atoms with Gasteiger partial charge in [0.05, 0.1) is 0 Å². The predicted octanol–water partition coefficient (Wildman–Crippen LogP) is 4.05. The zero-order chi connectivity index (χ0) is 9.10. The summed E-state index contributed by atoms with van der Waals surface area (Å²) in [6, 6.07) is 8.52. The summed E-state index contributed by atoms with van der Waals surface area (Å²) in [5, 5.41) is 2.10. The molecular weight excluding hydrogens is 176 g/mol. The van der Waals surface area contributed by atoms with E-state index in [2.05, 4.69) is 42.3 Å². The van der Waals surface area contributed by atoms with Crippen molar-refractivity contribution in [3.8, 4) is 10.4 Å². The number of rotatable bonds is 2. The van der Waals surface area contributed by atoms with Crippen LogP contribution in [0.3, 0.4) is 0 Å². The number of hydrogen-bond acceptors (Lipinski definition) is 1. The van der Waals surface area contributed by atoms with Crippen molar-refractivity contribution in [1.29, 1.82) is 0 Å². The first-order valence-electron chi connectivity index (χ1n) is 4.17. The molecule has 0 saturated carbocycles. The molecule has 2 rings (SSSR count). The van der Waals surface area contributed by atoms with Crippen molar-refractivity contribution in [1.82, 2.24) is 0 Å². The van der Waals surface area contributed by atoms with Gasteiger partial charge in [-0.2, -0.15) is 0 Å². The van der Waals surface area contributed by atoms with Crippen LogP contribution < -0.4 is 0 Å². The molecule has 0 aromatic heterocycles. The second kappa shape index (κ2) is 3.58. The Morgan fingerprint density at radius 3 is 3.00 bits per heavy atom. The molecule has 0 spiro atoms. The lowest BCUT2D eigenvalue weighted by Crippen LogP contribution is -1.71. The average molecular weight is 186 g/mol. The standard InChI is InChI=1S/C12H10S/c1-2-3-5-10-7-8-12-11(10)6-4-9-13-12/h2-9H,1H2. The van der Waals surface area contributed by atoms with Crippen LogP contribution in [0.2, 0.25) is 0 Å². The molecule has 0 atom stereocenters.